The van der Waals surface area contributed by atoms with E-state index in [1.807, 2.05) is 36.5 Å². The molecule has 0 aliphatic carbocycles. The SMILES string of the molecule is COc1ccc2[nH]cc(C(=Cc3c[nH]c4ncccc34)C(N)=O)c2c1. The van der Waals surface area contributed by atoms with Gasteiger partial charge in [-0.2, -0.15) is 0 Å². The number of rotatable bonds is 4. The number of nitrogens with zero attached hydrogens (tertiary/aromatic N) is 1. The average molecular weight is 332 g/mol. The minimum absolute atomic E-state index is 0.421. The van der Waals surface area contributed by atoms with Gasteiger partial charge in [-0.3, -0.25) is 4.79 Å². The van der Waals surface area contributed by atoms with Gasteiger partial charge in [0.25, 0.3) is 0 Å². The van der Waals surface area contributed by atoms with Crippen LogP contribution in [0.4, 0.5) is 0 Å². The molecule has 0 spiro atoms. The van der Waals surface area contributed by atoms with Crippen molar-refractivity contribution in [1.29, 1.82) is 0 Å². The summed E-state index contributed by atoms with van der Waals surface area (Å²) in [6.07, 6.45) is 7.10. The summed E-state index contributed by atoms with van der Waals surface area (Å²) in [5.41, 5.74) is 9.35. The van der Waals surface area contributed by atoms with Gasteiger partial charge >= 0.3 is 0 Å². The zero-order valence-electron chi connectivity index (χ0n) is 13.5. The van der Waals surface area contributed by atoms with E-state index >= 15 is 0 Å². The van der Waals surface area contributed by atoms with Crippen molar-refractivity contribution >= 4 is 39.5 Å². The van der Waals surface area contributed by atoms with Crippen LogP contribution >= 0.6 is 0 Å². The molecular weight excluding hydrogens is 316 g/mol. The second-order valence-corrected chi connectivity index (χ2v) is 5.68. The molecule has 1 aromatic carbocycles. The van der Waals surface area contributed by atoms with E-state index in [1.54, 1.807) is 25.6 Å². The van der Waals surface area contributed by atoms with Crippen LogP contribution in [-0.4, -0.2) is 28.0 Å². The maximum atomic E-state index is 12.1. The molecule has 0 aliphatic heterocycles. The highest BCUT2D eigenvalue weighted by Crippen LogP contribution is 2.30. The highest BCUT2D eigenvalue weighted by atomic mass is 16.5. The van der Waals surface area contributed by atoms with Crippen LogP contribution in [0, 0.1) is 0 Å². The Kier molecular flexibility index (Phi) is 3.50. The van der Waals surface area contributed by atoms with E-state index in [2.05, 4.69) is 15.0 Å². The first kappa shape index (κ1) is 15.0. The van der Waals surface area contributed by atoms with Gasteiger partial charge in [0.2, 0.25) is 5.91 Å². The Balaban J connectivity index is 1.92. The molecule has 25 heavy (non-hydrogen) atoms. The number of H-pyrrole nitrogens is 2. The summed E-state index contributed by atoms with van der Waals surface area (Å²) >= 11 is 0. The molecule has 0 bridgehead atoms. The molecule has 4 rings (SSSR count). The number of hydrogen-bond acceptors (Lipinski definition) is 3. The first-order valence-corrected chi connectivity index (χ1v) is 7.76. The fraction of sp³-hybridized carbons (Fsp3) is 0.0526. The molecular formula is C19H16N4O2. The zero-order valence-corrected chi connectivity index (χ0v) is 13.5. The molecule has 0 saturated carbocycles. The standard InChI is InChI=1S/C19H16N4O2/c1-25-12-4-5-17-14(8-12)16(10-22-17)15(18(20)24)7-11-9-23-19-13(11)3-2-6-21-19/h2-10,22H,1H3,(H2,20,24)(H,21,23). The Morgan fingerprint density at radius 3 is 2.88 bits per heavy atom. The third-order valence-corrected chi connectivity index (χ3v) is 4.23. The topological polar surface area (TPSA) is 96.8 Å². The number of methoxy groups -OCH3 is 1. The van der Waals surface area contributed by atoms with Crippen LogP contribution in [0.2, 0.25) is 0 Å². The number of amides is 1. The zero-order chi connectivity index (χ0) is 17.4. The Morgan fingerprint density at radius 1 is 1.20 bits per heavy atom. The number of pyridine rings is 1. The first-order valence-electron chi connectivity index (χ1n) is 7.76. The third kappa shape index (κ3) is 2.53. The number of carbonyl (C=O) groups is 1. The highest BCUT2D eigenvalue weighted by molar-refractivity contribution is 6.27. The van der Waals surface area contributed by atoms with Crippen molar-refractivity contribution in [2.45, 2.75) is 0 Å². The van der Waals surface area contributed by atoms with Crippen molar-refractivity contribution in [3.05, 3.63) is 60.0 Å². The Bertz CT molecular complexity index is 1120. The summed E-state index contributed by atoms with van der Waals surface area (Å²) in [7, 11) is 1.61. The molecule has 4 aromatic rings. The maximum absolute atomic E-state index is 12.1. The normalized spacial score (nSPS) is 12.0. The molecule has 124 valence electrons. The first-order chi connectivity index (χ1) is 12.2. The summed E-state index contributed by atoms with van der Waals surface area (Å²) < 4.78 is 5.29. The van der Waals surface area contributed by atoms with Crippen molar-refractivity contribution in [3.8, 4) is 5.75 Å². The molecule has 3 heterocycles. The predicted octanol–water partition coefficient (Wildman–Crippen LogP) is 3.08. The molecule has 1 amide bonds. The number of primary amides is 1. The highest BCUT2D eigenvalue weighted by Gasteiger charge is 2.15. The molecule has 0 atom stereocenters. The van der Waals surface area contributed by atoms with Gasteiger partial charge in [0.15, 0.2) is 0 Å². The second kappa shape index (κ2) is 5.83. The number of aromatic nitrogens is 3. The van der Waals surface area contributed by atoms with E-state index < -0.39 is 5.91 Å². The van der Waals surface area contributed by atoms with Gasteiger partial charge in [-0.25, -0.2) is 4.98 Å². The van der Waals surface area contributed by atoms with Crippen molar-refractivity contribution in [1.82, 2.24) is 15.0 Å². The number of aromatic amines is 2. The number of nitrogens with two attached hydrogens (primary N) is 1. The smallest absolute Gasteiger partial charge is 0.249 e. The van der Waals surface area contributed by atoms with Gasteiger partial charge in [-0.1, -0.05) is 0 Å². The van der Waals surface area contributed by atoms with Crippen LogP contribution in [0.15, 0.2) is 48.9 Å². The summed E-state index contributed by atoms with van der Waals surface area (Å²) in [6, 6.07) is 9.46. The monoisotopic (exact) mass is 332 g/mol. The lowest BCUT2D eigenvalue weighted by Gasteiger charge is -2.04. The molecule has 6 heteroatoms. The Labute approximate surface area is 143 Å². The van der Waals surface area contributed by atoms with Crippen LogP contribution in [0.5, 0.6) is 5.75 Å². The fourth-order valence-corrected chi connectivity index (χ4v) is 2.98. The van der Waals surface area contributed by atoms with E-state index in [1.165, 1.54) is 0 Å². The van der Waals surface area contributed by atoms with Crippen LogP contribution in [0.1, 0.15) is 11.1 Å². The Morgan fingerprint density at radius 2 is 2.08 bits per heavy atom. The second-order valence-electron chi connectivity index (χ2n) is 5.68. The molecule has 0 fully saturated rings. The summed E-state index contributed by atoms with van der Waals surface area (Å²) in [5.74, 6) is 0.218. The molecule has 0 radical (unpaired) electrons. The minimum atomic E-state index is -0.498. The van der Waals surface area contributed by atoms with Crippen LogP contribution in [0.25, 0.3) is 33.6 Å². The molecule has 4 N–H and O–H groups in total. The van der Waals surface area contributed by atoms with Gasteiger partial charge < -0.3 is 20.4 Å². The molecule has 6 nitrogen and oxygen atoms in total. The van der Waals surface area contributed by atoms with E-state index in [4.69, 9.17) is 10.5 Å². The van der Waals surface area contributed by atoms with Gasteiger partial charge in [0, 0.05) is 51.6 Å². The molecule has 0 aliphatic rings. The van der Waals surface area contributed by atoms with E-state index in [-0.39, 0.29) is 0 Å². The lowest BCUT2D eigenvalue weighted by molar-refractivity contribution is -0.112. The lowest BCUT2D eigenvalue weighted by atomic mass is 10.0. The number of ether oxygens (including phenoxy) is 1. The summed E-state index contributed by atoms with van der Waals surface area (Å²) in [5, 5.41) is 1.81. The van der Waals surface area contributed by atoms with Crippen molar-refractivity contribution in [2.24, 2.45) is 5.73 Å². The molecule has 0 unspecified atom stereocenters. The number of nitrogens with one attached hydrogen (secondary N) is 2. The number of benzene rings is 1. The van der Waals surface area contributed by atoms with Crippen molar-refractivity contribution in [3.63, 3.8) is 0 Å². The average Bonchev–Trinajstić information content (AvgIpc) is 3.23. The quantitative estimate of drug-likeness (QED) is 0.501. The summed E-state index contributed by atoms with van der Waals surface area (Å²) in [4.78, 5) is 22.7. The largest absolute Gasteiger partial charge is 0.497 e. The van der Waals surface area contributed by atoms with E-state index in [9.17, 15) is 4.79 Å². The van der Waals surface area contributed by atoms with Crippen molar-refractivity contribution < 1.29 is 9.53 Å². The van der Waals surface area contributed by atoms with Gasteiger partial charge in [0.1, 0.15) is 11.4 Å². The number of hydrogen-bond donors (Lipinski definition) is 3. The van der Waals surface area contributed by atoms with E-state index in [0.29, 0.717) is 11.3 Å². The molecule has 3 aromatic heterocycles. The van der Waals surface area contributed by atoms with Gasteiger partial charge in [-0.15, -0.1) is 0 Å². The fourth-order valence-electron chi connectivity index (χ4n) is 2.98. The van der Waals surface area contributed by atoms with Crippen molar-refractivity contribution in [2.75, 3.05) is 7.11 Å². The predicted molar refractivity (Wildman–Crippen MR) is 98.0 cm³/mol. The number of carbonyl (C=O) groups excluding carboxylic acids is 1. The van der Waals surface area contributed by atoms with Crippen LogP contribution < -0.4 is 10.5 Å². The van der Waals surface area contributed by atoms with Gasteiger partial charge in [-0.05, 0) is 36.4 Å². The molecule has 0 saturated heterocycles. The maximum Gasteiger partial charge on any atom is 0.249 e. The van der Waals surface area contributed by atoms with Gasteiger partial charge in [0.05, 0.1) is 7.11 Å². The Hall–Kier alpha value is -3.54. The van der Waals surface area contributed by atoms with Crippen LogP contribution in [-0.2, 0) is 4.79 Å². The van der Waals surface area contributed by atoms with Crippen LogP contribution in [0.3, 0.4) is 0 Å². The summed E-state index contributed by atoms with van der Waals surface area (Å²) in [6.45, 7) is 0. The minimum Gasteiger partial charge on any atom is -0.497 e. The number of fused-ring (bicyclic) bond motifs is 2. The lowest BCUT2D eigenvalue weighted by Crippen LogP contribution is -2.12. The van der Waals surface area contributed by atoms with E-state index in [0.717, 1.165) is 33.1 Å². The third-order valence-electron chi connectivity index (χ3n) is 4.23.